The first-order chi connectivity index (χ1) is 19.6. The zero-order valence-corrected chi connectivity index (χ0v) is 23.4. The van der Waals surface area contributed by atoms with Gasteiger partial charge in [-0.2, -0.15) is 0 Å². The molecular formula is C24H40N6O12. The molecule has 2 aliphatic heterocycles. The number of aromatic amines is 1. The second-order valence-electron chi connectivity index (χ2n) is 11.0. The maximum Gasteiger partial charge on any atom is 0.407 e. The van der Waals surface area contributed by atoms with Gasteiger partial charge < -0.3 is 61.5 Å². The van der Waals surface area contributed by atoms with Crippen LogP contribution in [0, 0.1) is 0 Å². The predicted octanol–water partition coefficient (Wildman–Crippen LogP) is -4.70. The van der Waals surface area contributed by atoms with Crippen LogP contribution in [0.25, 0.3) is 0 Å². The molecule has 2 amide bonds. The zero-order chi connectivity index (χ0) is 31.4. The number of rotatable bonds is 12. The molecule has 11 N–H and O–H groups in total. The van der Waals surface area contributed by atoms with Gasteiger partial charge in [0.05, 0.1) is 0 Å². The molecule has 0 spiro atoms. The number of aliphatic hydroxyl groups is 4. The minimum atomic E-state index is -1.77. The number of primary amides is 1. The van der Waals surface area contributed by atoms with E-state index in [4.69, 9.17) is 30.4 Å². The van der Waals surface area contributed by atoms with Crippen LogP contribution in [0.4, 0.5) is 4.79 Å². The molecule has 0 saturated carbocycles. The van der Waals surface area contributed by atoms with E-state index in [2.05, 4.69) is 10.6 Å². The summed E-state index contributed by atoms with van der Waals surface area (Å²) in [5.41, 5.74) is 8.73. The average molecular weight is 605 g/mol. The lowest BCUT2D eigenvalue weighted by atomic mass is 9.98. The van der Waals surface area contributed by atoms with Gasteiger partial charge >= 0.3 is 11.8 Å². The summed E-state index contributed by atoms with van der Waals surface area (Å²) < 4.78 is 23.3. The maximum absolute atomic E-state index is 12.5. The fourth-order valence-corrected chi connectivity index (χ4v) is 4.55. The first-order valence-electron chi connectivity index (χ1n) is 13.3. The number of H-pyrrole nitrogens is 1. The number of nitrogens with two attached hydrogens (primary N) is 2. The van der Waals surface area contributed by atoms with Gasteiger partial charge in [-0.15, -0.1) is 0 Å². The Morgan fingerprint density at radius 2 is 1.81 bits per heavy atom. The molecule has 0 bridgehead atoms. The van der Waals surface area contributed by atoms with Gasteiger partial charge in [0.2, 0.25) is 5.91 Å². The van der Waals surface area contributed by atoms with Gasteiger partial charge in [0, 0.05) is 18.8 Å². The summed E-state index contributed by atoms with van der Waals surface area (Å²) in [6.07, 6.45) is -13.6. The molecule has 18 heteroatoms. The molecule has 1 aromatic rings. The Balaban J connectivity index is 1.85. The van der Waals surface area contributed by atoms with E-state index >= 15 is 0 Å². The van der Waals surface area contributed by atoms with Crippen molar-refractivity contribution in [1.82, 2.24) is 20.2 Å². The molecule has 10 atom stereocenters. The van der Waals surface area contributed by atoms with E-state index in [-0.39, 0.29) is 19.6 Å². The van der Waals surface area contributed by atoms with E-state index in [9.17, 15) is 39.6 Å². The Morgan fingerprint density at radius 1 is 1.12 bits per heavy atom. The molecule has 0 aromatic carbocycles. The molecule has 2 saturated heterocycles. The molecule has 2 fully saturated rings. The van der Waals surface area contributed by atoms with Crippen molar-refractivity contribution in [2.45, 2.75) is 94.1 Å². The first kappa shape index (κ1) is 33.6. The van der Waals surface area contributed by atoms with Gasteiger partial charge in [0.25, 0.3) is 5.56 Å². The summed E-state index contributed by atoms with van der Waals surface area (Å²) in [6.45, 7) is 5.11. The smallest absolute Gasteiger partial charge is 0.407 e. The SMILES string of the molecule is CC(C)(C)OC(=O)NC[C@H]1O[C@@H](O[C@@H]([C@H](NCCCN)C(N)=O)[C@H]2O[C@@H](n3ccc(=O)[nH]c3=O)C(O)C2O)[C@H](O)[C@@H]1O. The molecule has 2 aliphatic rings. The molecule has 1 aromatic heterocycles. The lowest BCUT2D eigenvalue weighted by Crippen LogP contribution is -2.59. The Kier molecular flexibility index (Phi) is 11.2. The Hall–Kier alpha value is -2.94. The third-order valence-electron chi connectivity index (χ3n) is 6.56. The largest absolute Gasteiger partial charge is 0.444 e. The quantitative estimate of drug-likeness (QED) is 0.101. The second-order valence-corrected chi connectivity index (χ2v) is 11.0. The minimum Gasteiger partial charge on any atom is -0.444 e. The number of aromatic nitrogens is 2. The molecule has 0 radical (unpaired) electrons. The summed E-state index contributed by atoms with van der Waals surface area (Å²) in [7, 11) is 0. The van der Waals surface area contributed by atoms with E-state index in [1.807, 2.05) is 4.98 Å². The van der Waals surface area contributed by atoms with Gasteiger partial charge in [0.15, 0.2) is 12.5 Å². The van der Waals surface area contributed by atoms with E-state index < -0.39 is 90.1 Å². The van der Waals surface area contributed by atoms with Crippen molar-refractivity contribution in [3.8, 4) is 0 Å². The number of amides is 2. The summed E-state index contributed by atoms with van der Waals surface area (Å²) in [5, 5.41) is 48.2. The van der Waals surface area contributed by atoms with Crippen LogP contribution in [0.2, 0.25) is 0 Å². The third-order valence-corrected chi connectivity index (χ3v) is 6.56. The molecule has 3 rings (SSSR count). The van der Waals surface area contributed by atoms with Crippen LogP contribution < -0.4 is 33.3 Å². The molecule has 42 heavy (non-hydrogen) atoms. The van der Waals surface area contributed by atoms with Crippen LogP contribution >= 0.6 is 0 Å². The van der Waals surface area contributed by atoms with E-state index in [0.29, 0.717) is 6.42 Å². The van der Waals surface area contributed by atoms with Crippen molar-refractivity contribution in [2.24, 2.45) is 11.5 Å². The zero-order valence-electron chi connectivity index (χ0n) is 23.4. The number of carbonyl (C=O) groups is 2. The minimum absolute atomic E-state index is 0.164. The van der Waals surface area contributed by atoms with E-state index in [1.165, 1.54) is 0 Å². The van der Waals surface area contributed by atoms with Crippen LogP contribution in [-0.4, -0.2) is 122 Å². The van der Waals surface area contributed by atoms with Gasteiger partial charge in [0.1, 0.15) is 54.4 Å². The fourth-order valence-electron chi connectivity index (χ4n) is 4.55. The highest BCUT2D eigenvalue weighted by Crippen LogP contribution is 2.34. The summed E-state index contributed by atoms with van der Waals surface area (Å²) in [4.78, 5) is 50.4. The summed E-state index contributed by atoms with van der Waals surface area (Å²) >= 11 is 0. The number of nitrogens with one attached hydrogen (secondary N) is 3. The molecule has 3 heterocycles. The topological polar surface area (TPSA) is 283 Å². The Labute approximate surface area is 239 Å². The standard InChI is InChI=1S/C24H40N6O12/c1-24(2,3)42-23(38)28-9-10-13(32)16(35)21(39-10)41-17(12(19(26)36)27-7-4-6-25)18-14(33)15(34)20(40-18)30-8-5-11(31)29-22(30)37/h5,8,10,12-18,20-21,27,32-35H,4,6-7,9,25H2,1-3H3,(H2,26,36)(H,28,38)(H,29,31,37)/t10-,12+,13-,14?,15?,16-,17+,18+,20-,21+/m1/s1. The van der Waals surface area contributed by atoms with Crippen molar-refractivity contribution in [3.63, 3.8) is 0 Å². The lowest BCUT2D eigenvalue weighted by molar-refractivity contribution is -0.226. The van der Waals surface area contributed by atoms with E-state index in [1.54, 1.807) is 20.8 Å². The van der Waals surface area contributed by atoms with Crippen molar-refractivity contribution < 1.29 is 49.0 Å². The number of aliphatic hydroxyl groups excluding tert-OH is 4. The second kappa shape index (κ2) is 14.0. The first-order valence-corrected chi connectivity index (χ1v) is 13.3. The van der Waals surface area contributed by atoms with Crippen LogP contribution in [0.15, 0.2) is 21.9 Å². The van der Waals surface area contributed by atoms with Gasteiger partial charge in [-0.3, -0.25) is 19.1 Å². The predicted molar refractivity (Wildman–Crippen MR) is 142 cm³/mol. The van der Waals surface area contributed by atoms with Crippen LogP contribution in [-0.2, 0) is 23.7 Å². The normalized spacial score (nSPS) is 31.0. The highest BCUT2D eigenvalue weighted by molar-refractivity contribution is 5.80. The number of ether oxygens (including phenoxy) is 4. The lowest BCUT2D eigenvalue weighted by Gasteiger charge is -2.34. The van der Waals surface area contributed by atoms with Crippen molar-refractivity contribution in [2.75, 3.05) is 19.6 Å². The number of nitrogens with zero attached hydrogens (tertiary/aromatic N) is 1. The molecule has 0 aliphatic carbocycles. The molecule has 18 nitrogen and oxygen atoms in total. The average Bonchev–Trinajstić information content (AvgIpc) is 3.33. The maximum atomic E-state index is 12.5. The van der Waals surface area contributed by atoms with Crippen molar-refractivity contribution in [1.29, 1.82) is 0 Å². The van der Waals surface area contributed by atoms with Gasteiger partial charge in [-0.1, -0.05) is 0 Å². The van der Waals surface area contributed by atoms with Crippen molar-refractivity contribution in [3.05, 3.63) is 33.1 Å². The van der Waals surface area contributed by atoms with Crippen molar-refractivity contribution >= 4 is 12.0 Å². The fraction of sp³-hybridized carbons (Fsp3) is 0.750. The third kappa shape index (κ3) is 8.12. The van der Waals surface area contributed by atoms with Crippen LogP contribution in [0.5, 0.6) is 0 Å². The Bertz CT molecular complexity index is 1190. The van der Waals surface area contributed by atoms with E-state index in [0.717, 1.165) is 16.8 Å². The summed E-state index contributed by atoms with van der Waals surface area (Å²) in [5.74, 6) is -0.969. The van der Waals surface area contributed by atoms with Gasteiger partial charge in [-0.25, -0.2) is 9.59 Å². The monoisotopic (exact) mass is 604 g/mol. The number of hydrogen-bond donors (Lipinski definition) is 9. The van der Waals surface area contributed by atoms with Crippen LogP contribution in [0.1, 0.15) is 33.4 Å². The molecular weight excluding hydrogens is 564 g/mol. The molecule has 2 unspecified atom stereocenters. The highest BCUT2D eigenvalue weighted by Gasteiger charge is 2.53. The number of alkyl carbamates (subject to hydrolysis) is 1. The number of hydrogen-bond acceptors (Lipinski definition) is 14. The Morgan fingerprint density at radius 3 is 2.40 bits per heavy atom. The number of carbonyl (C=O) groups excluding carboxylic acids is 2. The highest BCUT2D eigenvalue weighted by atomic mass is 16.7. The van der Waals surface area contributed by atoms with Crippen LogP contribution in [0.3, 0.4) is 0 Å². The van der Waals surface area contributed by atoms with Gasteiger partial charge in [-0.05, 0) is 40.3 Å². The molecule has 238 valence electrons. The summed E-state index contributed by atoms with van der Waals surface area (Å²) in [6, 6.07) is -0.414.